The predicted molar refractivity (Wildman–Crippen MR) is 123 cm³/mol. The molecule has 3 atom stereocenters. The summed E-state index contributed by atoms with van der Waals surface area (Å²) >= 11 is 1.15. The van der Waals surface area contributed by atoms with E-state index >= 15 is 0 Å². The summed E-state index contributed by atoms with van der Waals surface area (Å²) in [6, 6.07) is 1.37. The lowest BCUT2D eigenvalue weighted by atomic mass is 9.86. The molecule has 0 bridgehead atoms. The first-order valence-corrected chi connectivity index (χ1v) is 11.4. The predicted octanol–water partition coefficient (Wildman–Crippen LogP) is 3.54. The fourth-order valence-corrected chi connectivity index (χ4v) is 5.72. The van der Waals surface area contributed by atoms with E-state index in [1.807, 2.05) is 0 Å². The van der Waals surface area contributed by atoms with E-state index in [1.165, 1.54) is 11.0 Å². The number of hydrogen-bond donors (Lipinski definition) is 1. The van der Waals surface area contributed by atoms with Gasteiger partial charge in [-0.05, 0) is 31.1 Å². The average molecular weight is 529 g/mol. The van der Waals surface area contributed by atoms with Gasteiger partial charge in [0, 0.05) is 31.8 Å². The largest absolute Gasteiger partial charge is 0.467 e. The molecule has 14 heteroatoms. The fourth-order valence-electron chi connectivity index (χ4n) is 4.22. The summed E-state index contributed by atoms with van der Waals surface area (Å²) in [6.07, 6.45) is -0.231. The third-order valence-corrected chi connectivity index (χ3v) is 7.23. The minimum absolute atomic E-state index is 0.0488. The molecular formula is C22H21F5N6O2S. The molecule has 1 aliphatic carbocycles. The van der Waals surface area contributed by atoms with Gasteiger partial charge in [0.1, 0.15) is 10.4 Å². The molecule has 0 saturated heterocycles. The third kappa shape index (κ3) is 4.86. The summed E-state index contributed by atoms with van der Waals surface area (Å²) in [7, 11) is 3.25. The Hall–Kier alpha value is -3.29. The lowest BCUT2D eigenvalue weighted by Gasteiger charge is -2.34. The third-order valence-electron chi connectivity index (χ3n) is 5.94. The Kier molecular flexibility index (Phi) is 6.43. The number of nitrogens with two attached hydrogens (primary N) is 1. The summed E-state index contributed by atoms with van der Waals surface area (Å²) < 4.78 is 70.1. The maximum absolute atomic E-state index is 14.9. The first-order valence-electron chi connectivity index (χ1n) is 10.6. The van der Waals surface area contributed by atoms with Crippen molar-refractivity contribution in [2.45, 2.75) is 29.8 Å². The molecule has 2 aromatic heterocycles. The van der Waals surface area contributed by atoms with Gasteiger partial charge in [0.25, 0.3) is 0 Å². The fraction of sp³-hybridized carbons (Fsp3) is 0.409. The van der Waals surface area contributed by atoms with Gasteiger partial charge < -0.3 is 15.4 Å². The standard InChI is InChI=1S/C22H21F5N6O2S/c1-20(15-6-21(15,18(34)33(2)3)36-19(28)32-20)12-4-11(7-31-17(12)24)5-13(23)14-8-30-16(9-29-14)35-10-22(25,26)27/h4-5,7-9,15H,6,10H2,1-3H3,(H2,28,32)/t15-,20+,21-/m0/s1. The monoisotopic (exact) mass is 528 g/mol. The van der Waals surface area contributed by atoms with E-state index in [4.69, 9.17) is 5.73 Å². The molecule has 1 fully saturated rings. The molecule has 4 rings (SSSR count). The molecule has 0 aromatic carbocycles. The van der Waals surface area contributed by atoms with Crippen molar-refractivity contribution < 1.29 is 31.5 Å². The smallest absolute Gasteiger partial charge is 0.422 e. The Labute approximate surface area is 206 Å². The Bertz CT molecular complexity index is 1250. The molecule has 8 nitrogen and oxygen atoms in total. The molecule has 2 aromatic rings. The quantitative estimate of drug-likeness (QED) is 0.452. The number of amidine groups is 1. The summed E-state index contributed by atoms with van der Waals surface area (Å²) in [6.45, 7) is 0.0973. The highest BCUT2D eigenvalue weighted by Crippen LogP contribution is 2.66. The van der Waals surface area contributed by atoms with Crippen LogP contribution >= 0.6 is 11.8 Å². The number of halogens is 5. The molecule has 0 radical (unpaired) electrons. The van der Waals surface area contributed by atoms with Gasteiger partial charge in [0.2, 0.25) is 17.7 Å². The maximum Gasteiger partial charge on any atom is 0.422 e. The number of rotatable bonds is 6. The number of carbonyl (C=O) groups excluding carboxylic acids is 1. The van der Waals surface area contributed by atoms with Gasteiger partial charge in [-0.25, -0.2) is 19.3 Å². The first kappa shape index (κ1) is 25.8. The number of alkyl halides is 3. The van der Waals surface area contributed by atoms with Gasteiger partial charge in [-0.1, -0.05) is 11.8 Å². The molecule has 0 unspecified atom stereocenters. The molecule has 36 heavy (non-hydrogen) atoms. The van der Waals surface area contributed by atoms with Crippen LogP contribution in [0.15, 0.2) is 29.6 Å². The molecular weight excluding hydrogens is 507 g/mol. The van der Waals surface area contributed by atoms with Crippen LogP contribution in [0.25, 0.3) is 11.9 Å². The van der Waals surface area contributed by atoms with Gasteiger partial charge in [-0.3, -0.25) is 9.79 Å². The van der Waals surface area contributed by atoms with Gasteiger partial charge in [-0.2, -0.15) is 17.6 Å². The van der Waals surface area contributed by atoms with Gasteiger partial charge in [-0.15, -0.1) is 0 Å². The molecule has 2 aliphatic rings. The zero-order valence-electron chi connectivity index (χ0n) is 19.3. The van der Waals surface area contributed by atoms with Crippen LogP contribution < -0.4 is 10.5 Å². The Morgan fingerprint density at radius 1 is 1.28 bits per heavy atom. The van der Waals surface area contributed by atoms with Crippen LogP contribution in [0.5, 0.6) is 5.88 Å². The summed E-state index contributed by atoms with van der Waals surface area (Å²) in [5.74, 6) is -2.65. The van der Waals surface area contributed by atoms with Crippen molar-refractivity contribution in [2.75, 3.05) is 20.7 Å². The summed E-state index contributed by atoms with van der Waals surface area (Å²) in [4.78, 5) is 29.8. The number of pyridine rings is 1. The average Bonchev–Trinajstić information content (AvgIpc) is 3.54. The number of carbonyl (C=O) groups is 1. The molecule has 3 heterocycles. The number of aromatic nitrogens is 3. The van der Waals surface area contributed by atoms with E-state index in [-0.39, 0.29) is 33.8 Å². The summed E-state index contributed by atoms with van der Waals surface area (Å²) in [5.41, 5.74) is 4.76. The topological polar surface area (TPSA) is 107 Å². The lowest BCUT2D eigenvalue weighted by molar-refractivity contribution is -0.154. The maximum atomic E-state index is 14.9. The van der Waals surface area contributed by atoms with Crippen molar-refractivity contribution in [1.82, 2.24) is 19.9 Å². The second-order valence-corrected chi connectivity index (χ2v) is 10.1. The van der Waals surface area contributed by atoms with Crippen LogP contribution in [0, 0.1) is 11.9 Å². The molecule has 192 valence electrons. The van der Waals surface area contributed by atoms with Crippen LogP contribution in [0.2, 0.25) is 0 Å². The SMILES string of the molecule is CN(C)C(=O)[C@]12C[C@H]1[C@@](C)(c1cc(C=C(F)c3cnc(OCC(F)(F)F)cn3)cnc1F)N=C(N)S2. The van der Waals surface area contributed by atoms with Crippen molar-refractivity contribution in [2.24, 2.45) is 16.6 Å². The number of fused-ring (bicyclic) bond motifs is 1. The van der Waals surface area contributed by atoms with Crippen LogP contribution in [-0.4, -0.2) is 62.6 Å². The van der Waals surface area contributed by atoms with Gasteiger partial charge >= 0.3 is 6.18 Å². The van der Waals surface area contributed by atoms with Crippen molar-refractivity contribution in [3.8, 4) is 5.88 Å². The Morgan fingerprint density at radius 2 is 2.00 bits per heavy atom. The normalized spacial score (nSPS) is 25.6. The van der Waals surface area contributed by atoms with Crippen LogP contribution in [-0.2, 0) is 10.3 Å². The number of aliphatic imine (C=N–C) groups is 1. The van der Waals surface area contributed by atoms with E-state index < -0.39 is 40.7 Å². The highest BCUT2D eigenvalue weighted by atomic mass is 32.2. The molecule has 1 aliphatic heterocycles. The zero-order valence-corrected chi connectivity index (χ0v) is 20.1. The van der Waals surface area contributed by atoms with E-state index in [2.05, 4.69) is 24.7 Å². The van der Waals surface area contributed by atoms with Crippen molar-refractivity contribution in [3.05, 3.63) is 47.4 Å². The van der Waals surface area contributed by atoms with Crippen molar-refractivity contribution in [3.63, 3.8) is 0 Å². The molecule has 0 spiro atoms. The minimum Gasteiger partial charge on any atom is -0.467 e. The van der Waals surface area contributed by atoms with E-state index in [0.29, 0.717) is 6.42 Å². The number of nitrogens with zero attached hydrogens (tertiary/aromatic N) is 5. The second-order valence-electron chi connectivity index (χ2n) is 8.79. The van der Waals surface area contributed by atoms with E-state index in [9.17, 15) is 26.7 Å². The summed E-state index contributed by atoms with van der Waals surface area (Å²) in [5, 5.41) is 0.135. The van der Waals surface area contributed by atoms with Crippen molar-refractivity contribution >= 4 is 34.7 Å². The lowest BCUT2D eigenvalue weighted by Crippen LogP contribution is -2.43. The number of ether oxygens (including phenoxy) is 1. The van der Waals surface area contributed by atoms with Crippen LogP contribution in [0.3, 0.4) is 0 Å². The van der Waals surface area contributed by atoms with Crippen LogP contribution in [0.4, 0.5) is 22.0 Å². The zero-order chi connectivity index (χ0) is 26.5. The van der Waals surface area contributed by atoms with Crippen LogP contribution in [0.1, 0.15) is 30.2 Å². The van der Waals surface area contributed by atoms with Gasteiger partial charge in [0.05, 0.1) is 17.9 Å². The number of hydrogen-bond acceptors (Lipinski definition) is 8. The highest BCUT2D eigenvalue weighted by molar-refractivity contribution is 8.15. The van der Waals surface area contributed by atoms with E-state index in [1.54, 1.807) is 21.0 Å². The highest BCUT2D eigenvalue weighted by Gasteiger charge is 2.71. The number of amides is 1. The van der Waals surface area contributed by atoms with Crippen molar-refractivity contribution in [1.29, 1.82) is 0 Å². The number of thioether (sulfide) groups is 1. The Balaban J connectivity index is 1.61. The van der Waals surface area contributed by atoms with Gasteiger partial charge in [0.15, 0.2) is 17.6 Å². The minimum atomic E-state index is -4.55. The molecule has 1 saturated carbocycles. The molecule has 2 N–H and O–H groups in total. The van der Waals surface area contributed by atoms with E-state index in [0.717, 1.165) is 36.4 Å². The first-order chi connectivity index (χ1) is 16.7. The second kappa shape index (κ2) is 8.98. The molecule has 1 amide bonds. The Morgan fingerprint density at radius 3 is 2.61 bits per heavy atom.